The topological polar surface area (TPSA) is 61.4 Å². The molecule has 0 radical (unpaired) electrons. The summed E-state index contributed by atoms with van der Waals surface area (Å²) < 4.78 is 13.5. The maximum absolute atomic E-state index is 13.5. The number of halogens is 1. The molecule has 1 atom stereocenters. The van der Waals surface area contributed by atoms with Crippen LogP contribution < -0.4 is 10.6 Å². The van der Waals surface area contributed by atoms with Gasteiger partial charge in [-0.25, -0.2) is 9.18 Å². The molecule has 22 heavy (non-hydrogen) atoms. The maximum Gasteiger partial charge on any atom is 0.319 e. The van der Waals surface area contributed by atoms with Crippen molar-refractivity contribution in [2.24, 2.45) is 0 Å². The van der Waals surface area contributed by atoms with E-state index in [2.05, 4.69) is 17.6 Å². The number of amides is 2. The van der Waals surface area contributed by atoms with Crippen LogP contribution in [0.1, 0.15) is 24.2 Å². The molecule has 2 rings (SSSR count). The number of rotatable bonds is 5. The predicted octanol–water partition coefficient (Wildman–Crippen LogP) is 3.24. The number of nitrogens with one attached hydrogen (secondary N) is 2. The minimum atomic E-state index is -1.09. The second-order valence-electron chi connectivity index (χ2n) is 4.92. The molecule has 0 aliphatic rings. The van der Waals surface area contributed by atoms with Gasteiger partial charge < -0.3 is 15.7 Å². The summed E-state index contributed by atoms with van der Waals surface area (Å²) in [6, 6.07) is 13.0. The van der Waals surface area contributed by atoms with E-state index >= 15 is 0 Å². The molecule has 0 fully saturated rings. The summed E-state index contributed by atoms with van der Waals surface area (Å²) in [5.41, 5.74) is 2.01. The van der Waals surface area contributed by atoms with Gasteiger partial charge in [0.15, 0.2) is 0 Å². The molecule has 0 aliphatic carbocycles. The average Bonchev–Trinajstić information content (AvgIpc) is 2.54. The van der Waals surface area contributed by atoms with Crippen LogP contribution in [0.4, 0.5) is 14.9 Å². The normalized spacial score (nSPS) is 11.8. The molecule has 0 heterocycles. The number of hydrogen-bond acceptors (Lipinski definition) is 2. The molecule has 116 valence electrons. The lowest BCUT2D eigenvalue weighted by Crippen LogP contribution is -2.32. The number of aliphatic hydroxyl groups excluding tert-OH is 1. The first-order valence-corrected chi connectivity index (χ1v) is 7.16. The van der Waals surface area contributed by atoms with Crippen molar-refractivity contribution in [3.8, 4) is 0 Å². The quantitative estimate of drug-likeness (QED) is 0.794. The van der Waals surface area contributed by atoms with Crippen molar-refractivity contribution in [2.75, 3.05) is 11.9 Å². The largest absolute Gasteiger partial charge is 0.386 e. The number of carbonyl (C=O) groups excluding carboxylic acids is 1. The summed E-state index contributed by atoms with van der Waals surface area (Å²) in [5, 5.41) is 15.1. The SMILES string of the molecule is CCc1ccc(NC(=O)NC[C@@H](O)c2ccccc2F)cc1. The first-order valence-electron chi connectivity index (χ1n) is 7.16. The number of carbonyl (C=O) groups is 1. The summed E-state index contributed by atoms with van der Waals surface area (Å²) in [5.74, 6) is -0.493. The first kappa shape index (κ1) is 16.0. The fourth-order valence-electron chi connectivity index (χ4n) is 2.04. The van der Waals surface area contributed by atoms with E-state index < -0.39 is 18.0 Å². The molecule has 0 aromatic heterocycles. The van der Waals surface area contributed by atoms with Crippen LogP contribution in [0.15, 0.2) is 48.5 Å². The van der Waals surface area contributed by atoms with Crippen molar-refractivity contribution in [1.29, 1.82) is 0 Å². The van der Waals surface area contributed by atoms with Crippen LogP contribution >= 0.6 is 0 Å². The van der Waals surface area contributed by atoms with Gasteiger partial charge in [-0.3, -0.25) is 0 Å². The lowest BCUT2D eigenvalue weighted by molar-refractivity contribution is 0.170. The number of aliphatic hydroxyl groups is 1. The molecule has 0 saturated heterocycles. The Balaban J connectivity index is 1.85. The Morgan fingerprint density at radius 3 is 2.50 bits per heavy atom. The molecule has 3 N–H and O–H groups in total. The van der Waals surface area contributed by atoms with Gasteiger partial charge in [-0.05, 0) is 30.2 Å². The molecule has 0 unspecified atom stereocenters. The molecule has 0 spiro atoms. The van der Waals surface area contributed by atoms with E-state index in [0.717, 1.165) is 6.42 Å². The summed E-state index contributed by atoms with van der Waals surface area (Å²) in [7, 11) is 0. The third-order valence-electron chi connectivity index (χ3n) is 3.34. The highest BCUT2D eigenvalue weighted by Gasteiger charge is 2.13. The number of anilines is 1. The van der Waals surface area contributed by atoms with Crippen LogP contribution in [0.5, 0.6) is 0 Å². The van der Waals surface area contributed by atoms with E-state index in [1.54, 1.807) is 12.1 Å². The van der Waals surface area contributed by atoms with Crippen molar-refractivity contribution >= 4 is 11.7 Å². The molecule has 0 bridgehead atoms. The Kier molecular flexibility index (Phi) is 5.49. The molecular weight excluding hydrogens is 283 g/mol. The van der Waals surface area contributed by atoms with E-state index in [-0.39, 0.29) is 12.1 Å². The van der Waals surface area contributed by atoms with E-state index in [9.17, 15) is 14.3 Å². The highest BCUT2D eigenvalue weighted by molar-refractivity contribution is 5.89. The fourth-order valence-corrected chi connectivity index (χ4v) is 2.04. The standard InChI is InChI=1S/C17H19FN2O2/c1-2-12-7-9-13(10-8-12)20-17(22)19-11-16(21)14-5-3-4-6-15(14)18/h3-10,16,21H,2,11H2,1H3,(H2,19,20,22)/t16-/m1/s1. The van der Waals surface area contributed by atoms with Crippen molar-refractivity contribution in [3.63, 3.8) is 0 Å². The third kappa shape index (κ3) is 4.30. The van der Waals surface area contributed by atoms with Gasteiger partial charge in [0.2, 0.25) is 0 Å². The maximum atomic E-state index is 13.5. The summed E-state index contributed by atoms with van der Waals surface area (Å²) in [6.45, 7) is 1.99. The zero-order chi connectivity index (χ0) is 15.9. The summed E-state index contributed by atoms with van der Waals surface area (Å²) in [6.07, 6.45) is -0.157. The Hall–Kier alpha value is -2.40. The average molecular weight is 302 g/mol. The monoisotopic (exact) mass is 302 g/mol. The smallest absolute Gasteiger partial charge is 0.319 e. The lowest BCUT2D eigenvalue weighted by atomic mass is 10.1. The van der Waals surface area contributed by atoms with Crippen LogP contribution in [0, 0.1) is 5.82 Å². The second kappa shape index (κ2) is 7.56. The molecule has 0 aliphatic heterocycles. The molecule has 0 saturated carbocycles. The van der Waals surface area contributed by atoms with Gasteiger partial charge in [0, 0.05) is 17.8 Å². The van der Waals surface area contributed by atoms with Crippen LogP contribution in [0.2, 0.25) is 0 Å². The third-order valence-corrected chi connectivity index (χ3v) is 3.34. The highest BCUT2D eigenvalue weighted by atomic mass is 19.1. The van der Waals surface area contributed by atoms with E-state index in [1.165, 1.54) is 17.7 Å². The molecule has 4 nitrogen and oxygen atoms in total. The van der Waals surface area contributed by atoms with E-state index in [0.29, 0.717) is 5.69 Å². The van der Waals surface area contributed by atoms with Gasteiger partial charge in [0.1, 0.15) is 5.82 Å². The van der Waals surface area contributed by atoms with Crippen molar-refractivity contribution in [3.05, 3.63) is 65.5 Å². The summed E-state index contributed by atoms with van der Waals surface area (Å²) >= 11 is 0. The van der Waals surface area contributed by atoms with Gasteiger partial charge in [0.05, 0.1) is 6.10 Å². The second-order valence-corrected chi connectivity index (χ2v) is 4.92. The molecule has 5 heteroatoms. The van der Waals surface area contributed by atoms with Crippen LogP contribution in [-0.2, 0) is 6.42 Å². The summed E-state index contributed by atoms with van der Waals surface area (Å²) in [4.78, 5) is 11.8. The van der Waals surface area contributed by atoms with Gasteiger partial charge >= 0.3 is 6.03 Å². The minimum absolute atomic E-state index is 0.0696. The van der Waals surface area contributed by atoms with Gasteiger partial charge in [-0.15, -0.1) is 0 Å². The predicted molar refractivity (Wildman–Crippen MR) is 84.2 cm³/mol. The number of urea groups is 1. The van der Waals surface area contributed by atoms with Gasteiger partial charge in [-0.1, -0.05) is 37.3 Å². The Morgan fingerprint density at radius 2 is 1.86 bits per heavy atom. The van der Waals surface area contributed by atoms with Crippen molar-refractivity contribution < 1.29 is 14.3 Å². The van der Waals surface area contributed by atoms with Crippen molar-refractivity contribution in [2.45, 2.75) is 19.4 Å². The van der Waals surface area contributed by atoms with Crippen LogP contribution in [-0.4, -0.2) is 17.7 Å². The minimum Gasteiger partial charge on any atom is -0.386 e. The van der Waals surface area contributed by atoms with Crippen molar-refractivity contribution in [1.82, 2.24) is 5.32 Å². The molecule has 2 aromatic rings. The van der Waals surface area contributed by atoms with E-state index in [4.69, 9.17) is 0 Å². The highest BCUT2D eigenvalue weighted by Crippen LogP contribution is 2.15. The molecular formula is C17H19FN2O2. The number of aryl methyl sites for hydroxylation is 1. The first-order chi connectivity index (χ1) is 10.6. The van der Waals surface area contributed by atoms with Gasteiger partial charge in [-0.2, -0.15) is 0 Å². The number of benzene rings is 2. The Labute approximate surface area is 129 Å². The van der Waals surface area contributed by atoms with Gasteiger partial charge in [0.25, 0.3) is 0 Å². The molecule has 2 aromatic carbocycles. The molecule has 2 amide bonds. The Morgan fingerprint density at radius 1 is 1.18 bits per heavy atom. The lowest BCUT2D eigenvalue weighted by Gasteiger charge is -2.13. The fraction of sp³-hybridized carbons (Fsp3) is 0.235. The zero-order valence-corrected chi connectivity index (χ0v) is 12.3. The van der Waals surface area contributed by atoms with Crippen LogP contribution in [0.25, 0.3) is 0 Å². The zero-order valence-electron chi connectivity index (χ0n) is 12.3. The number of hydrogen-bond donors (Lipinski definition) is 3. The van der Waals surface area contributed by atoms with E-state index in [1.807, 2.05) is 24.3 Å². The van der Waals surface area contributed by atoms with Crippen LogP contribution in [0.3, 0.4) is 0 Å². The Bertz CT molecular complexity index is 629.